The van der Waals surface area contributed by atoms with Crippen LogP contribution in [0.15, 0.2) is 0 Å². The molecule has 102 valence electrons. The molecule has 4 nitrogen and oxygen atoms in total. The average Bonchev–Trinajstić information content (AvgIpc) is 2.29. The smallest absolute Gasteiger partial charge is 0.242 e. The Labute approximate surface area is 118 Å². The molecule has 1 rings (SSSR count). The third kappa shape index (κ3) is 2.85. The zero-order valence-corrected chi connectivity index (χ0v) is 12.7. The fourth-order valence-electron chi connectivity index (χ4n) is 2.09. The van der Waals surface area contributed by atoms with Gasteiger partial charge in [0.25, 0.3) is 0 Å². The van der Waals surface area contributed by atoms with Crippen molar-refractivity contribution in [2.24, 2.45) is 5.41 Å². The zero-order chi connectivity index (χ0) is 13.8. The lowest BCUT2D eigenvalue weighted by atomic mass is 9.79. The van der Waals surface area contributed by atoms with Crippen molar-refractivity contribution >= 4 is 40.9 Å². The SMILES string of the molecule is CCCCSC(C)C1(CC)C(=O)NC(=S)NC1=O. The van der Waals surface area contributed by atoms with Crippen LogP contribution in [0.2, 0.25) is 0 Å². The number of thioether (sulfide) groups is 1. The number of nitrogens with one attached hydrogen (secondary N) is 2. The quantitative estimate of drug-likeness (QED) is 0.445. The molecule has 0 saturated carbocycles. The van der Waals surface area contributed by atoms with Crippen LogP contribution in [0.25, 0.3) is 0 Å². The zero-order valence-electron chi connectivity index (χ0n) is 11.0. The van der Waals surface area contributed by atoms with Crippen molar-refractivity contribution in [1.82, 2.24) is 10.6 Å². The van der Waals surface area contributed by atoms with Gasteiger partial charge in [-0.15, -0.1) is 0 Å². The Bertz CT molecular complexity index is 338. The van der Waals surface area contributed by atoms with E-state index in [0.29, 0.717) is 6.42 Å². The van der Waals surface area contributed by atoms with Gasteiger partial charge in [0.05, 0.1) is 0 Å². The molecular weight excluding hydrogens is 268 g/mol. The van der Waals surface area contributed by atoms with Crippen LogP contribution in [-0.4, -0.2) is 27.9 Å². The van der Waals surface area contributed by atoms with Gasteiger partial charge in [-0.05, 0) is 30.8 Å². The van der Waals surface area contributed by atoms with E-state index in [1.165, 1.54) is 0 Å². The standard InChI is InChI=1S/C12H20N2O2S2/c1-4-6-7-18-8(3)12(5-2)9(15)13-11(17)14-10(12)16/h8H,4-7H2,1-3H3,(H2,13,14,15,16,17). The second-order valence-electron chi connectivity index (χ2n) is 4.43. The lowest BCUT2D eigenvalue weighted by Gasteiger charge is -2.38. The molecule has 0 aromatic carbocycles. The maximum atomic E-state index is 12.2. The van der Waals surface area contributed by atoms with Crippen LogP contribution in [0.4, 0.5) is 0 Å². The molecule has 0 aliphatic carbocycles. The molecule has 1 aliphatic rings. The molecular formula is C12H20N2O2S2. The number of amides is 2. The molecule has 0 bridgehead atoms. The Morgan fingerprint density at radius 3 is 2.28 bits per heavy atom. The predicted molar refractivity (Wildman–Crippen MR) is 78.4 cm³/mol. The summed E-state index contributed by atoms with van der Waals surface area (Å²) in [6.07, 6.45) is 2.69. The first-order chi connectivity index (χ1) is 8.48. The summed E-state index contributed by atoms with van der Waals surface area (Å²) in [6, 6.07) is 0. The molecule has 2 amide bonds. The van der Waals surface area contributed by atoms with Crippen LogP contribution in [0.1, 0.15) is 40.0 Å². The van der Waals surface area contributed by atoms with Crippen LogP contribution < -0.4 is 10.6 Å². The molecule has 1 heterocycles. The molecule has 1 saturated heterocycles. The Morgan fingerprint density at radius 2 is 1.83 bits per heavy atom. The number of hydrogen-bond acceptors (Lipinski definition) is 4. The highest BCUT2D eigenvalue weighted by atomic mass is 32.2. The van der Waals surface area contributed by atoms with Gasteiger partial charge in [0.1, 0.15) is 5.41 Å². The third-order valence-corrected chi connectivity index (χ3v) is 5.01. The molecule has 1 aliphatic heterocycles. The lowest BCUT2D eigenvalue weighted by molar-refractivity contribution is -0.143. The Hall–Kier alpha value is -0.620. The minimum absolute atomic E-state index is 0.0582. The number of carbonyl (C=O) groups is 2. The van der Waals surface area contributed by atoms with Crippen molar-refractivity contribution in [3.63, 3.8) is 0 Å². The molecule has 6 heteroatoms. The second kappa shape index (κ2) is 6.52. The van der Waals surface area contributed by atoms with Gasteiger partial charge in [-0.25, -0.2) is 0 Å². The summed E-state index contributed by atoms with van der Waals surface area (Å²) >= 11 is 6.51. The second-order valence-corrected chi connectivity index (χ2v) is 6.29. The molecule has 18 heavy (non-hydrogen) atoms. The Kier molecular flexibility index (Phi) is 5.59. The first-order valence-corrected chi connectivity index (χ1v) is 7.73. The van der Waals surface area contributed by atoms with Crippen LogP contribution in [-0.2, 0) is 9.59 Å². The summed E-state index contributed by atoms with van der Waals surface area (Å²) < 4.78 is 0. The third-order valence-electron chi connectivity index (χ3n) is 3.38. The van der Waals surface area contributed by atoms with E-state index < -0.39 is 5.41 Å². The van der Waals surface area contributed by atoms with E-state index >= 15 is 0 Å². The van der Waals surface area contributed by atoms with E-state index in [1.807, 2.05) is 13.8 Å². The van der Waals surface area contributed by atoms with Gasteiger partial charge in [-0.2, -0.15) is 11.8 Å². The lowest BCUT2D eigenvalue weighted by Crippen LogP contribution is -2.65. The number of rotatable bonds is 6. The van der Waals surface area contributed by atoms with Gasteiger partial charge in [0, 0.05) is 5.25 Å². The molecule has 0 spiro atoms. The molecule has 0 aromatic rings. The van der Waals surface area contributed by atoms with E-state index in [4.69, 9.17) is 12.2 Å². The van der Waals surface area contributed by atoms with E-state index in [0.717, 1.165) is 18.6 Å². The Balaban J connectivity index is 2.85. The summed E-state index contributed by atoms with van der Waals surface area (Å²) in [6.45, 7) is 5.93. The number of thiocarbonyl (C=S) groups is 1. The first-order valence-electron chi connectivity index (χ1n) is 6.27. The monoisotopic (exact) mass is 288 g/mol. The van der Waals surface area contributed by atoms with Gasteiger partial charge in [-0.1, -0.05) is 27.2 Å². The van der Waals surface area contributed by atoms with Crippen molar-refractivity contribution in [3.05, 3.63) is 0 Å². The highest BCUT2D eigenvalue weighted by Crippen LogP contribution is 2.37. The van der Waals surface area contributed by atoms with Crippen molar-refractivity contribution in [3.8, 4) is 0 Å². The molecule has 2 N–H and O–H groups in total. The van der Waals surface area contributed by atoms with Crippen LogP contribution in [0.5, 0.6) is 0 Å². The van der Waals surface area contributed by atoms with Crippen LogP contribution >= 0.6 is 24.0 Å². The van der Waals surface area contributed by atoms with Crippen LogP contribution in [0, 0.1) is 5.41 Å². The van der Waals surface area contributed by atoms with Crippen LogP contribution in [0.3, 0.4) is 0 Å². The molecule has 0 aromatic heterocycles. The summed E-state index contributed by atoms with van der Waals surface area (Å²) in [7, 11) is 0. The van der Waals surface area contributed by atoms with Gasteiger partial charge >= 0.3 is 0 Å². The minimum atomic E-state index is -0.999. The summed E-state index contributed by atoms with van der Waals surface area (Å²) in [4.78, 5) is 24.3. The first kappa shape index (κ1) is 15.4. The Morgan fingerprint density at radius 1 is 1.28 bits per heavy atom. The molecule has 1 unspecified atom stereocenters. The molecule has 0 radical (unpaired) electrons. The normalized spacial score (nSPS) is 20.3. The van der Waals surface area contributed by atoms with Gasteiger partial charge in [0.2, 0.25) is 11.8 Å². The molecule has 1 atom stereocenters. The summed E-state index contributed by atoms with van der Waals surface area (Å²) in [5, 5.41) is 5.19. The maximum absolute atomic E-state index is 12.2. The predicted octanol–water partition coefficient (Wildman–Crippen LogP) is 1.84. The van der Waals surface area contributed by atoms with E-state index in [9.17, 15) is 9.59 Å². The van der Waals surface area contributed by atoms with Crippen molar-refractivity contribution in [2.45, 2.75) is 45.3 Å². The fraction of sp³-hybridized carbons (Fsp3) is 0.750. The highest BCUT2D eigenvalue weighted by molar-refractivity contribution is 8.00. The van der Waals surface area contributed by atoms with Gasteiger partial charge in [-0.3, -0.25) is 9.59 Å². The fourth-order valence-corrected chi connectivity index (χ4v) is 3.75. The largest absolute Gasteiger partial charge is 0.302 e. The van der Waals surface area contributed by atoms with Gasteiger partial charge in [0.15, 0.2) is 5.11 Å². The van der Waals surface area contributed by atoms with Gasteiger partial charge < -0.3 is 10.6 Å². The maximum Gasteiger partial charge on any atom is 0.242 e. The topological polar surface area (TPSA) is 58.2 Å². The summed E-state index contributed by atoms with van der Waals surface area (Å²) in [5.74, 6) is 0.426. The van der Waals surface area contributed by atoms with Crippen molar-refractivity contribution in [2.75, 3.05) is 5.75 Å². The van der Waals surface area contributed by atoms with Crippen molar-refractivity contribution in [1.29, 1.82) is 0 Å². The van der Waals surface area contributed by atoms with E-state index in [-0.39, 0.29) is 22.2 Å². The van der Waals surface area contributed by atoms with Crippen molar-refractivity contribution < 1.29 is 9.59 Å². The van der Waals surface area contributed by atoms with E-state index in [1.54, 1.807) is 11.8 Å². The number of unbranched alkanes of at least 4 members (excludes halogenated alkanes) is 1. The number of hydrogen-bond donors (Lipinski definition) is 2. The molecule has 1 fully saturated rings. The average molecular weight is 288 g/mol. The number of carbonyl (C=O) groups excluding carboxylic acids is 2. The summed E-state index contributed by atoms with van der Waals surface area (Å²) in [5.41, 5.74) is -0.999. The highest BCUT2D eigenvalue weighted by Gasteiger charge is 2.51. The minimum Gasteiger partial charge on any atom is -0.302 e. The van der Waals surface area contributed by atoms with E-state index in [2.05, 4.69) is 17.6 Å².